The number of H-pyrrole nitrogens is 1. The molecule has 1 aromatic rings. The average molecular weight is 284 g/mol. The number of aromatic nitrogens is 2. The van der Waals surface area contributed by atoms with Gasteiger partial charge in [0.25, 0.3) is 5.91 Å². The van der Waals surface area contributed by atoms with Gasteiger partial charge < -0.3 is 20.1 Å². The number of nitrogens with one attached hydrogen (secondary N) is 1. The number of anilines is 1. The molecule has 0 spiro atoms. The zero-order chi connectivity index (χ0) is 15.0. The number of carbonyl (C=O) groups excluding carboxylic acids is 1. The van der Waals surface area contributed by atoms with E-state index < -0.39 is 0 Å². The maximum absolute atomic E-state index is 12.4. The van der Waals surface area contributed by atoms with Crippen LogP contribution in [-0.4, -0.2) is 60.5 Å². The Balaban J connectivity index is 2.69. The number of ether oxygens (including phenoxy) is 2. The standard InChI is InChI=1S/C13H24N4O3/c1-4-19-8-6-17(7-9-20-5-2)13(18)12-11(14)10(3)15-16-12/h4-9,14H2,1-3H3,(H,15,16). The monoisotopic (exact) mass is 284 g/mol. The van der Waals surface area contributed by atoms with Crippen LogP contribution in [0.5, 0.6) is 0 Å². The number of hydrogen-bond donors (Lipinski definition) is 2. The second kappa shape index (κ2) is 8.55. The summed E-state index contributed by atoms with van der Waals surface area (Å²) in [6.07, 6.45) is 0. The lowest BCUT2D eigenvalue weighted by atomic mass is 10.2. The molecule has 0 saturated carbocycles. The summed E-state index contributed by atoms with van der Waals surface area (Å²) in [4.78, 5) is 14.1. The van der Waals surface area contributed by atoms with Gasteiger partial charge in [0.15, 0.2) is 5.69 Å². The van der Waals surface area contributed by atoms with Crippen molar-refractivity contribution in [3.8, 4) is 0 Å². The van der Waals surface area contributed by atoms with Crippen molar-refractivity contribution in [1.29, 1.82) is 0 Å². The van der Waals surface area contributed by atoms with Crippen LogP contribution in [0.1, 0.15) is 30.0 Å². The van der Waals surface area contributed by atoms with Gasteiger partial charge in [0.05, 0.1) is 24.6 Å². The van der Waals surface area contributed by atoms with Gasteiger partial charge in [-0.3, -0.25) is 9.89 Å². The lowest BCUT2D eigenvalue weighted by molar-refractivity contribution is 0.0546. The summed E-state index contributed by atoms with van der Waals surface area (Å²) in [6.45, 7) is 8.81. The third-order valence-corrected chi connectivity index (χ3v) is 2.90. The summed E-state index contributed by atoms with van der Waals surface area (Å²) in [5, 5.41) is 6.69. The zero-order valence-electron chi connectivity index (χ0n) is 12.4. The number of nitrogen functional groups attached to an aromatic ring is 1. The van der Waals surface area contributed by atoms with Crippen LogP contribution < -0.4 is 5.73 Å². The molecular formula is C13H24N4O3. The fourth-order valence-corrected chi connectivity index (χ4v) is 1.70. The molecule has 3 N–H and O–H groups in total. The van der Waals surface area contributed by atoms with E-state index in [1.165, 1.54) is 0 Å². The highest BCUT2D eigenvalue weighted by atomic mass is 16.5. The number of nitrogens with zero attached hydrogens (tertiary/aromatic N) is 2. The first kappa shape index (κ1) is 16.5. The number of aromatic amines is 1. The Hall–Kier alpha value is -1.60. The minimum absolute atomic E-state index is 0.203. The van der Waals surface area contributed by atoms with Gasteiger partial charge in [0.2, 0.25) is 0 Å². The largest absolute Gasteiger partial charge is 0.395 e. The summed E-state index contributed by atoms with van der Waals surface area (Å²) in [6, 6.07) is 0. The number of rotatable bonds is 9. The first-order valence-corrected chi connectivity index (χ1v) is 6.86. The lowest BCUT2D eigenvalue weighted by Crippen LogP contribution is -2.37. The van der Waals surface area contributed by atoms with E-state index in [4.69, 9.17) is 15.2 Å². The molecule has 0 radical (unpaired) electrons. The van der Waals surface area contributed by atoms with Crippen molar-refractivity contribution in [3.63, 3.8) is 0 Å². The van der Waals surface area contributed by atoms with Gasteiger partial charge in [-0.1, -0.05) is 0 Å². The fourth-order valence-electron chi connectivity index (χ4n) is 1.70. The minimum Gasteiger partial charge on any atom is -0.395 e. The highest BCUT2D eigenvalue weighted by Gasteiger charge is 2.21. The molecule has 0 bridgehead atoms. The first-order valence-electron chi connectivity index (χ1n) is 6.86. The number of amides is 1. The molecule has 1 rings (SSSR count). The number of nitrogens with two attached hydrogens (primary N) is 1. The first-order chi connectivity index (χ1) is 9.61. The van der Waals surface area contributed by atoms with E-state index >= 15 is 0 Å². The van der Waals surface area contributed by atoms with Gasteiger partial charge in [-0.2, -0.15) is 5.10 Å². The van der Waals surface area contributed by atoms with E-state index in [1.807, 2.05) is 13.8 Å². The van der Waals surface area contributed by atoms with Gasteiger partial charge in [0.1, 0.15) is 0 Å². The van der Waals surface area contributed by atoms with Crippen LogP contribution in [0.2, 0.25) is 0 Å². The van der Waals surface area contributed by atoms with E-state index in [1.54, 1.807) is 11.8 Å². The second-order valence-electron chi connectivity index (χ2n) is 4.30. The van der Waals surface area contributed by atoms with E-state index in [-0.39, 0.29) is 11.6 Å². The molecule has 0 aliphatic heterocycles. The van der Waals surface area contributed by atoms with Gasteiger partial charge in [-0.25, -0.2) is 0 Å². The van der Waals surface area contributed by atoms with E-state index in [0.29, 0.717) is 50.9 Å². The van der Waals surface area contributed by atoms with Crippen molar-refractivity contribution in [2.75, 3.05) is 45.3 Å². The topological polar surface area (TPSA) is 93.5 Å². The Labute approximate surface area is 119 Å². The van der Waals surface area contributed by atoms with Crippen molar-refractivity contribution in [1.82, 2.24) is 15.1 Å². The maximum atomic E-state index is 12.4. The maximum Gasteiger partial charge on any atom is 0.276 e. The number of aryl methyl sites for hydroxylation is 1. The number of hydrogen-bond acceptors (Lipinski definition) is 5. The van der Waals surface area contributed by atoms with Crippen LogP contribution in [-0.2, 0) is 9.47 Å². The SMILES string of the molecule is CCOCCN(CCOCC)C(=O)c1n[nH]c(C)c1N. The normalized spacial score (nSPS) is 10.8. The van der Waals surface area contributed by atoms with Crippen molar-refractivity contribution < 1.29 is 14.3 Å². The summed E-state index contributed by atoms with van der Waals surface area (Å²) >= 11 is 0. The van der Waals surface area contributed by atoms with Crippen molar-refractivity contribution in [3.05, 3.63) is 11.4 Å². The quantitative estimate of drug-likeness (QED) is 0.655. The summed E-state index contributed by atoms with van der Waals surface area (Å²) < 4.78 is 10.6. The van der Waals surface area contributed by atoms with Crippen LogP contribution in [0.3, 0.4) is 0 Å². The van der Waals surface area contributed by atoms with Crippen LogP contribution in [0, 0.1) is 6.92 Å². The molecule has 114 valence electrons. The molecule has 0 fully saturated rings. The molecule has 0 atom stereocenters. The Kier molecular flexibility index (Phi) is 7.03. The molecule has 0 aromatic carbocycles. The molecule has 0 saturated heterocycles. The molecular weight excluding hydrogens is 260 g/mol. The Morgan fingerprint density at radius 3 is 2.20 bits per heavy atom. The second-order valence-corrected chi connectivity index (χ2v) is 4.30. The predicted molar refractivity (Wildman–Crippen MR) is 76.6 cm³/mol. The van der Waals surface area contributed by atoms with Crippen LogP contribution in [0.4, 0.5) is 5.69 Å². The van der Waals surface area contributed by atoms with Gasteiger partial charge in [-0.05, 0) is 20.8 Å². The van der Waals surface area contributed by atoms with E-state index in [2.05, 4.69) is 10.2 Å². The van der Waals surface area contributed by atoms with Crippen molar-refractivity contribution in [2.24, 2.45) is 0 Å². The van der Waals surface area contributed by atoms with Gasteiger partial charge >= 0.3 is 0 Å². The van der Waals surface area contributed by atoms with Crippen LogP contribution in [0.25, 0.3) is 0 Å². The zero-order valence-corrected chi connectivity index (χ0v) is 12.4. The van der Waals surface area contributed by atoms with Crippen LogP contribution >= 0.6 is 0 Å². The molecule has 0 aliphatic carbocycles. The molecule has 0 unspecified atom stereocenters. The molecule has 1 aromatic heterocycles. The summed E-state index contributed by atoms with van der Waals surface area (Å²) in [5.41, 5.74) is 7.20. The molecule has 7 heteroatoms. The Bertz CT molecular complexity index is 410. The Morgan fingerprint density at radius 2 is 1.80 bits per heavy atom. The average Bonchev–Trinajstić information content (AvgIpc) is 2.77. The van der Waals surface area contributed by atoms with E-state index in [0.717, 1.165) is 0 Å². The Morgan fingerprint density at radius 1 is 1.25 bits per heavy atom. The van der Waals surface area contributed by atoms with Crippen LogP contribution in [0.15, 0.2) is 0 Å². The highest BCUT2D eigenvalue weighted by Crippen LogP contribution is 2.14. The smallest absolute Gasteiger partial charge is 0.276 e. The van der Waals surface area contributed by atoms with Crippen molar-refractivity contribution in [2.45, 2.75) is 20.8 Å². The molecule has 1 heterocycles. The minimum atomic E-state index is -0.203. The molecule has 1 amide bonds. The summed E-state index contributed by atoms with van der Waals surface area (Å²) in [5.74, 6) is -0.203. The van der Waals surface area contributed by atoms with Gasteiger partial charge in [0, 0.05) is 26.3 Å². The fraction of sp³-hybridized carbons (Fsp3) is 0.692. The number of carbonyl (C=O) groups is 1. The third kappa shape index (κ3) is 4.50. The van der Waals surface area contributed by atoms with E-state index in [9.17, 15) is 4.79 Å². The van der Waals surface area contributed by atoms with Gasteiger partial charge in [-0.15, -0.1) is 0 Å². The highest BCUT2D eigenvalue weighted by molar-refractivity contribution is 5.97. The van der Waals surface area contributed by atoms with Crippen molar-refractivity contribution >= 4 is 11.6 Å². The summed E-state index contributed by atoms with van der Waals surface area (Å²) in [7, 11) is 0. The predicted octanol–water partition coefficient (Wildman–Crippen LogP) is 0.816. The molecule has 7 nitrogen and oxygen atoms in total. The molecule has 0 aliphatic rings. The lowest BCUT2D eigenvalue weighted by Gasteiger charge is -2.21. The third-order valence-electron chi connectivity index (χ3n) is 2.90. The molecule has 20 heavy (non-hydrogen) atoms.